The van der Waals surface area contributed by atoms with Crippen molar-refractivity contribution in [1.82, 2.24) is 9.80 Å². The van der Waals surface area contributed by atoms with Gasteiger partial charge in [0, 0.05) is 0 Å². The van der Waals surface area contributed by atoms with E-state index in [1.807, 2.05) is 0 Å². The van der Waals surface area contributed by atoms with Crippen molar-refractivity contribution in [2.24, 2.45) is 0 Å². The van der Waals surface area contributed by atoms with Gasteiger partial charge in [-0.15, -0.1) is 0 Å². The van der Waals surface area contributed by atoms with E-state index in [9.17, 15) is 0 Å². The Hall–Kier alpha value is 0.374. The van der Waals surface area contributed by atoms with Crippen molar-refractivity contribution in [2.75, 3.05) is 34.2 Å². The van der Waals surface area contributed by atoms with Crippen molar-refractivity contribution >= 4 is 4.35 Å². The van der Waals surface area contributed by atoms with E-state index in [0.29, 0.717) is 0 Å². The molecule has 0 N–H and O–H groups in total. The van der Waals surface area contributed by atoms with Crippen LogP contribution in [0.2, 0.25) is 0 Å². The van der Waals surface area contributed by atoms with E-state index >= 15 is 0 Å². The molecule has 0 aromatic carbocycles. The van der Waals surface area contributed by atoms with Gasteiger partial charge in [0.1, 0.15) is 0 Å². The molecule has 0 bridgehead atoms. The predicted octanol–water partition coefficient (Wildman–Crippen LogP) is 0.567. The molecule has 3 heteroatoms. The van der Waals surface area contributed by atoms with Gasteiger partial charge in [0.2, 0.25) is 0 Å². The van der Waals surface area contributed by atoms with Crippen molar-refractivity contribution in [3.8, 4) is 0 Å². The predicted molar refractivity (Wildman–Crippen MR) is 46.5 cm³/mol. The molecule has 0 unspecified atom stereocenters. The summed E-state index contributed by atoms with van der Waals surface area (Å²) in [6.45, 7) is 4.44. The molecular formula is C8H18N2V. The molecule has 0 aliphatic heterocycles. The average molecular weight is 193 g/mol. The zero-order valence-electron chi connectivity index (χ0n) is 7.96. The summed E-state index contributed by atoms with van der Waals surface area (Å²) in [6, 6.07) is 0. The van der Waals surface area contributed by atoms with E-state index in [4.69, 9.17) is 0 Å². The summed E-state index contributed by atoms with van der Waals surface area (Å²) in [5.74, 6) is 0. The molecule has 0 spiro atoms. The summed E-state index contributed by atoms with van der Waals surface area (Å²) in [5, 5.41) is 0. The number of hydrogen-bond donors (Lipinski definition) is 0. The van der Waals surface area contributed by atoms with Gasteiger partial charge in [-0.05, 0) is 0 Å². The van der Waals surface area contributed by atoms with E-state index in [0.717, 1.165) is 6.54 Å². The van der Waals surface area contributed by atoms with Crippen LogP contribution < -0.4 is 0 Å². The van der Waals surface area contributed by atoms with Crippen LogP contribution in [0.1, 0.15) is 13.3 Å². The van der Waals surface area contributed by atoms with Crippen molar-refractivity contribution in [3.05, 3.63) is 0 Å². The first-order valence-corrected chi connectivity index (χ1v) is 4.62. The molecule has 0 fully saturated rings. The summed E-state index contributed by atoms with van der Waals surface area (Å²) >= 11 is 2.58. The van der Waals surface area contributed by atoms with E-state index in [2.05, 4.69) is 54.8 Å². The molecule has 0 aromatic rings. The fourth-order valence-corrected chi connectivity index (χ4v) is 0.942. The Kier molecular flexibility index (Phi) is 6.16. The topological polar surface area (TPSA) is 6.48 Å². The molecular weight excluding hydrogens is 175 g/mol. The van der Waals surface area contributed by atoms with Gasteiger partial charge in [-0.25, -0.2) is 0 Å². The van der Waals surface area contributed by atoms with Crippen LogP contribution in [0.15, 0.2) is 0 Å². The quantitative estimate of drug-likeness (QED) is 0.629. The average Bonchev–Trinajstić information content (AvgIpc) is 1.86. The molecule has 2 nitrogen and oxygen atoms in total. The summed E-state index contributed by atoms with van der Waals surface area (Å²) in [5.41, 5.74) is 0. The van der Waals surface area contributed by atoms with Gasteiger partial charge >= 0.3 is 78.7 Å². The SMILES string of the molecule is C[C](=[V])N(C)CCCN(C)C. The Morgan fingerprint density at radius 1 is 1.18 bits per heavy atom. The summed E-state index contributed by atoms with van der Waals surface area (Å²) < 4.78 is 1.33. The number of hydrogen-bond acceptors (Lipinski definition) is 2. The number of nitrogens with zero attached hydrogens (tertiary/aromatic N) is 2. The van der Waals surface area contributed by atoms with Gasteiger partial charge < -0.3 is 0 Å². The van der Waals surface area contributed by atoms with E-state index in [1.165, 1.54) is 17.3 Å². The molecule has 0 aromatic heterocycles. The zero-order chi connectivity index (χ0) is 8.85. The molecule has 0 rings (SSSR count). The van der Waals surface area contributed by atoms with Gasteiger partial charge in [-0.1, -0.05) is 0 Å². The van der Waals surface area contributed by atoms with Gasteiger partial charge in [-0.3, -0.25) is 0 Å². The van der Waals surface area contributed by atoms with Crippen LogP contribution in [-0.4, -0.2) is 48.4 Å². The number of rotatable bonds is 5. The summed E-state index contributed by atoms with van der Waals surface area (Å²) in [4.78, 5) is 4.48. The van der Waals surface area contributed by atoms with Crippen LogP contribution in [0.25, 0.3) is 0 Å². The van der Waals surface area contributed by atoms with Crippen molar-refractivity contribution in [3.63, 3.8) is 0 Å². The molecule has 0 aliphatic carbocycles. The van der Waals surface area contributed by atoms with Gasteiger partial charge in [0.05, 0.1) is 0 Å². The molecule has 0 amide bonds. The van der Waals surface area contributed by atoms with Crippen LogP contribution in [-0.2, 0) is 17.0 Å². The van der Waals surface area contributed by atoms with E-state index in [1.54, 1.807) is 0 Å². The van der Waals surface area contributed by atoms with Crippen LogP contribution in [0, 0.1) is 0 Å². The van der Waals surface area contributed by atoms with Crippen LogP contribution >= 0.6 is 0 Å². The van der Waals surface area contributed by atoms with Crippen LogP contribution in [0.5, 0.6) is 0 Å². The first kappa shape index (κ1) is 11.4. The minimum atomic E-state index is 1.15. The molecule has 0 radical (unpaired) electrons. The maximum absolute atomic E-state index is 2.58. The Labute approximate surface area is 79.1 Å². The molecule has 0 heterocycles. The molecule has 11 heavy (non-hydrogen) atoms. The molecule has 65 valence electrons. The minimum absolute atomic E-state index is 1.15. The first-order valence-electron chi connectivity index (χ1n) is 3.92. The second kappa shape index (κ2) is 5.95. The summed E-state index contributed by atoms with van der Waals surface area (Å²) in [7, 11) is 6.35. The summed E-state index contributed by atoms with van der Waals surface area (Å²) in [6.07, 6.45) is 1.23. The standard InChI is InChI=1S/C8H18N2.V/c1-5-10(4)8-6-7-9(2)3;/h6-8H2,1-4H3;. The zero-order valence-corrected chi connectivity index (χ0v) is 9.36. The third kappa shape index (κ3) is 6.76. The molecule has 0 aliphatic rings. The second-order valence-electron chi connectivity index (χ2n) is 3.13. The third-order valence-electron chi connectivity index (χ3n) is 1.65. The van der Waals surface area contributed by atoms with Gasteiger partial charge in [0.15, 0.2) is 0 Å². The van der Waals surface area contributed by atoms with Gasteiger partial charge in [0.25, 0.3) is 0 Å². The van der Waals surface area contributed by atoms with Crippen LogP contribution in [0.4, 0.5) is 0 Å². The van der Waals surface area contributed by atoms with Crippen molar-refractivity contribution < 1.29 is 17.0 Å². The van der Waals surface area contributed by atoms with Crippen molar-refractivity contribution in [2.45, 2.75) is 13.3 Å². The monoisotopic (exact) mass is 193 g/mol. The fourth-order valence-electron chi connectivity index (χ4n) is 0.786. The molecule has 0 saturated carbocycles. The molecule has 0 saturated heterocycles. The Balaban J connectivity index is 3.31. The fraction of sp³-hybridized carbons (Fsp3) is 0.875. The van der Waals surface area contributed by atoms with E-state index < -0.39 is 0 Å². The first-order chi connectivity index (χ1) is 5.04. The normalized spacial score (nSPS) is 11.0. The Bertz CT molecular complexity index is 123. The van der Waals surface area contributed by atoms with Crippen LogP contribution in [0.3, 0.4) is 0 Å². The Morgan fingerprint density at radius 2 is 1.73 bits per heavy atom. The second-order valence-corrected chi connectivity index (χ2v) is 4.14. The van der Waals surface area contributed by atoms with Gasteiger partial charge in [-0.2, -0.15) is 0 Å². The molecule has 0 atom stereocenters. The Morgan fingerprint density at radius 3 is 2.09 bits per heavy atom. The van der Waals surface area contributed by atoms with Crippen molar-refractivity contribution in [1.29, 1.82) is 0 Å². The van der Waals surface area contributed by atoms with E-state index in [-0.39, 0.29) is 0 Å². The third-order valence-corrected chi connectivity index (χ3v) is 2.18. The maximum atomic E-state index is 2.58.